The highest BCUT2D eigenvalue weighted by atomic mass is 19.2. The summed E-state index contributed by atoms with van der Waals surface area (Å²) in [5.41, 5.74) is -0.240. The summed E-state index contributed by atoms with van der Waals surface area (Å²) >= 11 is 0. The highest BCUT2D eigenvalue weighted by Gasteiger charge is 2.32. The van der Waals surface area contributed by atoms with Crippen molar-refractivity contribution in [3.63, 3.8) is 0 Å². The smallest absolute Gasteiger partial charge is 0.201 e. The summed E-state index contributed by atoms with van der Waals surface area (Å²) in [7, 11) is 1.22. The van der Waals surface area contributed by atoms with Crippen molar-refractivity contribution in [3.05, 3.63) is 65.2 Å². The summed E-state index contributed by atoms with van der Waals surface area (Å²) < 4.78 is 63.3. The zero-order valence-electron chi connectivity index (χ0n) is 19.4. The Labute approximate surface area is 193 Å². The van der Waals surface area contributed by atoms with Gasteiger partial charge < -0.3 is 4.74 Å². The summed E-state index contributed by atoms with van der Waals surface area (Å²) in [4.78, 5) is 0. The van der Waals surface area contributed by atoms with Gasteiger partial charge in [0.15, 0.2) is 23.2 Å². The minimum atomic E-state index is -1.25. The number of halogens is 4. The Balaban J connectivity index is 1.45. The predicted octanol–water partition coefficient (Wildman–Crippen LogP) is 8.57. The molecule has 2 aliphatic carbocycles. The van der Waals surface area contributed by atoms with E-state index in [1.54, 1.807) is 6.07 Å². The fourth-order valence-electron chi connectivity index (χ4n) is 5.97. The van der Waals surface area contributed by atoms with E-state index in [0.717, 1.165) is 31.6 Å². The summed E-state index contributed by atoms with van der Waals surface area (Å²) in [6, 6.07) is 5.34. The first-order valence-corrected chi connectivity index (χ1v) is 12.1. The van der Waals surface area contributed by atoms with Crippen LogP contribution in [0.4, 0.5) is 17.6 Å². The molecule has 0 radical (unpaired) electrons. The highest BCUT2D eigenvalue weighted by Crippen LogP contribution is 2.45. The van der Waals surface area contributed by atoms with Crippen LogP contribution < -0.4 is 4.74 Å². The van der Waals surface area contributed by atoms with Gasteiger partial charge in [0.1, 0.15) is 0 Å². The number of ether oxygens (including phenoxy) is 1. The van der Waals surface area contributed by atoms with Gasteiger partial charge in [-0.2, -0.15) is 4.39 Å². The van der Waals surface area contributed by atoms with Gasteiger partial charge in [-0.25, -0.2) is 13.2 Å². The summed E-state index contributed by atoms with van der Waals surface area (Å²) in [6.45, 7) is 2.08. The molecule has 0 amide bonds. The topological polar surface area (TPSA) is 9.23 Å². The summed E-state index contributed by atoms with van der Waals surface area (Å²) in [6.07, 6.45) is 13.2. The minimum Gasteiger partial charge on any atom is -0.494 e. The second kappa shape index (κ2) is 10.3. The van der Waals surface area contributed by atoms with Gasteiger partial charge in [-0.15, -0.1) is 0 Å². The molecule has 2 aromatic carbocycles. The summed E-state index contributed by atoms with van der Waals surface area (Å²) in [5.74, 6) is -2.73. The number of methoxy groups -OCH3 is 1. The molecule has 1 nitrogen and oxygen atoms in total. The van der Waals surface area contributed by atoms with Gasteiger partial charge in [-0.1, -0.05) is 24.3 Å². The third kappa shape index (κ3) is 4.83. The molecule has 2 saturated carbocycles. The Kier molecular flexibility index (Phi) is 7.45. The van der Waals surface area contributed by atoms with Crippen LogP contribution in [0.15, 0.2) is 36.4 Å². The van der Waals surface area contributed by atoms with E-state index in [4.69, 9.17) is 4.74 Å². The third-order valence-corrected chi connectivity index (χ3v) is 7.83. The quantitative estimate of drug-likeness (QED) is 0.321. The lowest BCUT2D eigenvalue weighted by Gasteiger charge is -2.37. The van der Waals surface area contributed by atoms with Gasteiger partial charge in [0.25, 0.3) is 0 Å². The Bertz CT molecular complexity index is 999. The van der Waals surface area contributed by atoms with Crippen molar-refractivity contribution in [2.75, 3.05) is 7.11 Å². The Morgan fingerprint density at radius 3 is 1.82 bits per heavy atom. The molecule has 2 fully saturated rings. The molecule has 0 atom stereocenters. The van der Waals surface area contributed by atoms with Crippen molar-refractivity contribution in [2.45, 2.75) is 64.2 Å². The standard InChI is InChI=1S/C28H32F4O/c1-3-4-17-5-7-18(8-6-17)19-9-11-20(12-10-19)21-13-14-22(26(30)25(21)29)23-15-16-24(33-2)28(32)27(23)31/h3-4,13-20H,5-12H2,1-2H3/b4-3+. The van der Waals surface area contributed by atoms with E-state index in [1.807, 2.05) is 0 Å². The van der Waals surface area contributed by atoms with E-state index in [2.05, 4.69) is 19.1 Å². The van der Waals surface area contributed by atoms with Gasteiger partial charge in [0.2, 0.25) is 5.82 Å². The maximum atomic E-state index is 15.1. The molecule has 2 aromatic rings. The molecule has 0 aliphatic heterocycles. The minimum absolute atomic E-state index is 0.0402. The third-order valence-electron chi connectivity index (χ3n) is 7.83. The maximum Gasteiger partial charge on any atom is 0.201 e. The van der Waals surface area contributed by atoms with Gasteiger partial charge >= 0.3 is 0 Å². The van der Waals surface area contributed by atoms with Crippen molar-refractivity contribution >= 4 is 0 Å². The van der Waals surface area contributed by atoms with Crippen LogP contribution >= 0.6 is 0 Å². The number of hydrogen-bond donors (Lipinski definition) is 0. The fourth-order valence-corrected chi connectivity index (χ4v) is 5.97. The van der Waals surface area contributed by atoms with Crippen molar-refractivity contribution < 1.29 is 22.3 Å². The van der Waals surface area contributed by atoms with Crippen molar-refractivity contribution in [2.24, 2.45) is 17.8 Å². The number of rotatable bonds is 5. The van der Waals surface area contributed by atoms with Crippen molar-refractivity contribution in [1.29, 1.82) is 0 Å². The van der Waals surface area contributed by atoms with Gasteiger partial charge in [-0.3, -0.25) is 0 Å². The van der Waals surface area contributed by atoms with Crippen LogP contribution in [0.5, 0.6) is 5.75 Å². The van der Waals surface area contributed by atoms with Gasteiger partial charge in [0, 0.05) is 11.1 Å². The van der Waals surface area contributed by atoms with E-state index < -0.39 is 23.3 Å². The molecule has 0 saturated heterocycles. The monoisotopic (exact) mass is 460 g/mol. The lowest BCUT2D eigenvalue weighted by molar-refractivity contribution is 0.170. The van der Waals surface area contributed by atoms with E-state index >= 15 is 4.39 Å². The first kappa shape index (κ1) is 23.8. The molecular weight excluding hydrogens is 428 g/mol. The first-order chi connectivity index (χ1) is 15.9. The molecule has 0 spiro atoms. The number of benzene rings is 2. The van der Waals surface area contributed by atoms with Crippen LogP contribution in [-0.2, 0) is 0 Å². The molecule has 0 bridgehead atoms. The zero-order chi connectivity index (χ0) is 23.5. The SMILES string of the molecule is C/C=C/C1CCC(C2CCC(c3ccc(-c4ccc(OC)c(F)c4F)c(F)c3F)CC2)CC1. The van der Waals surface area contributed by atoms with Gasteiger partial charge in [-0.05, 0) is 99.7 Å². The Morgan fingerprint density at radius 1 is 0.697 bits per heavy atom. The van der Waals surface area contributed by atoms with E-state index in [9.17, 15) is 13.2 Å². The Hall–Kier alpha value is -2.30. The second-order valence-electron chi connectivity index (χ2n) is 9.59. The lowest BCUT2D eigenvalue weighted by atomic mass is 9.68. The number of allylic oxidation sites excluding steroid dienone is 2. The highest BCUT2D eigenvalue weighted by molar-refractivity contribution is 5.66. The van der Waals surface area contributed by atoms with Crippen molar-refractivity contribution in [3.8, 4) is 16.9 Å². The van der Waals surface area contributed by atoms with E-state index in [-0.39, 0.29) is 22.8 Å². The van der Waals surface area contributed by atoms with Crippen LogP contribution in [-0.4, -0.2) is 7.11 Å². The normalized spacial score (nSPS) is 26.0. The van der Waals surface area contributed by atoms with Crippen LogP contribution in [0, 0.1) is 41.0 Å². The van der Waals surface area contributed by atoms with Crippen LogP contribution in [0.1, 0.15) is 69.8 Å². The molecule has 0 heterocycles. The molecule has 0 aromatic heterocycles. The summed E-state index contributed by atoms with van der Waals surface area (Å²) in [5, 5.41) is 0. The molecule has 5 heteroatoms. The average Bonchev–Trinajstić information content (AvgIpc) is 2.84. The van der Waals surface area contributed by atoms with Crippen LogP contribution in [0.3, 0.4) is 0 Å². The maximum absolute atomic E-state index is 15.1. The largest absolute Gasteiger partial charge is 0.494 e. The molecule has 0 unspecified atom stereocenters. The van der Waals surface area contributed by atoms with E-state index in [1.165, 1.54) is 51.0 Å². The first-order valence-electron chi connectivity index (χ1n) is 12.1. The zero-order valence-corrected chi connectivity index (χ0v) is 19.4. The van der Waals surface area contributed by atoms with Gasteiger partial charge in [0.05, 0.1) is 7.11 Å². The average molecular weight is 461 g/mol. The molecular formula is C28H32F4O. The molecule has 2 aliphatic rings. The van der Waals surface area contributed by atoms with Crippen LogP contribution in [0.2, 0.25) is 0 Å². The van der Waals surface area contributed by atoms with Crippen LogP contribution in [0.25, 0.3) is 11.1 Å². The molecule has 178 valence electrons. The Morgan fingerprint density at radius 2 is 1.24 bits per heavy atom. The lowest BCUT2D eigenvalue weighted by Crippen LogP contribution is -2.25. The van der Waals surface area contributed by atoms with E-state index in [0.29, 0.717) is 17.4 Å². The molecule has 33 heavy (non-hydrogen) atoms. The molecule has 4 rings (SSSR count). The second-order valence-corrected chi connectivity index (χ2v) is 9.59. The number of hydrogen-bond acceptors (Lipinski definition) is 1. The fraction of sp³-hybridized carbons (Fsp3) is 0.500. The molecule has 0 N–H and O–H groups in total. The predicted molar refractivity (Wildman–Crippen MR) is 123 cm³/mol. The van der Waals surface area contributed by atoms with Crippen molar-refractivity contribution in [1.82, 2.24) is 0 Å².